The minimum atomic E-state index is -0.204. The summed E-state index contributed by atoms with van der Waals surface area (Å²) >= 11 is 0. The fourth-order valence-corrected chi connectivity index (χ4v) is 2.95. The molecule has 2 atom stereocenters. The molecule has 0 saturated carbocycles. The van der Waals surface area contributed by atoms with Gasteiger partial charge in [0.05, 0.1) is 0 Å². The highest BCUT2D eigenvalue weighted by molar-refractivity contribution is 5.89. The molecule has 0 spiro atoms. The van der Waals surface area contributed by atoms with Gasteiger partial charge in [-0.15, -0.1) is 0 Å². The first-order chi connectivity index (χ1) is 8.59. The molecule has 2 amide bonds. The Hall–Kier alpha value is -1.10. The summed E-state index contributed by atoms with van der Waals surface area (Å²) in [7, 11) is 4.04. The van der Waals surface area contributed by atoms with Crippen LogP contribution in [0.2, 0.25) is 0 Å². The molecule has 5 nitrogen and oxygen atoms in total. The summed E-state index contributed by atoms with van der Waals surface area (Å²) in [5.74, 6) is 0.192. The van der Waals surface area contributed by atoms with Crippen molar-refractivity contribution in [3.63, 3.8) is 0 Å². The van der Waals surface area contributed by atoms with Crippen molar-refractivity contribution in [2.24, 2.45) is 0 Å². The number of nitrogens with zero attached hydrogens (tertiary/aromatic N) is 2. The van der Waals surface area contributed by atoms with Crippen LogP contribution in [0.1, 0.15) is 32.1 Å². The Labute approximate surface area is 108 Å². The zero-order valence-corrected chi connectivity index (χ0v) is 11.3. The minimum absolute atomic E-state index is 0.0338. The maximum atomic E-state index is 12.1. The van der Waals surface area contributed by atoms with Crippen molar-refractivity contribution in [2.75, 3.05) is 27.2 Å². The molecule has 2 aliphatic heterocycles. The molecular weight excluding hydrogens is 230 g/mol. The van der Waals surface area contributed by atoms with Gasteiger partial charge in [-0.2, -0.15) is 0 Å². The van der Waals surface area contributed by atoms with Gasteiger partial charge in [-0.3, -0.25) is 9.59 Å². The fourth-order valence-electron chi connectivity index (χ4n) is 2.95. The number of hydrogen-bond donors (Lipinski definition) is 1. The van der Waals surface area contributed by atoms with Crippen molar-refractivity contribution in [3.8, 4) is 0 Å². The number of rotatable bonds is 5. The van der Waals surface area contributed by atoms with E-state index in [1.165, 1.54) is 0 Å². The zero-order chi connectivity index (χ0) is 13.1. The first kappa shape index (κ1) is 13.3. The molecule has 2 saturated heterocycles. The van der Waals surface area contributed by atoms with Crippen molar-refractivity contribution < 1.29 is 9.59 Å². The predicted molar refractivity (Wildman–Crippen MR) is 69.1 cm³/mol. The third kappa shape index (κ3) is 2.83. The monoisotopic (exact) mass is 253 g/mol. The SMILES string of the molecule is CN(C)CCCNC(=O)C1CCC2CCC(=O)N21. The molecule has 2 heterocycles. The number of carbonyl (C=O) groups excluding carboxylic acids is 2. The van der Waals surface area contributed by atoms with Crippen LogP contribution >= 0.6 is 0 Å². The maximum absolute atomic E-state index is 12.1. The average molecular weight is 253 g/mol. The Morgan fingerprint density at radius 1 is 1.39 bits per heavy atom. The third-order valence-corrected chi connectivity index (χ3v) is 3.87. The van der Waals surface area contributed by atoms with E-state index in [1.807, 2.05) is 19.0 Å². The minimum Gasteiger partial charge on any atom is -0.354 e. The van der Waals surface area contributed by atoms with Crippen molar-refractivity contribution in [2.45, 2.75) is 44.2 Å². The Morgan fingerprint density at radius 2 is 2.17 bits per heavy atom. The van der Waals surface area contributed by atoms with Crippen LogP contribution in [-0.4, -0.2) is 60.9 Å². The molecule has 2 aliphatic rings. The van der Waals surface area contributed by atoms with Crippen LogP contribution in [0.15, 0.2) is 0 Å². The molecule has 102 valence electrons. The van der Waals surface area contributed by atoms with Gasteiger partial charge < -0.3 is 15.1 Å². The first-order valence-corrected chi connectivity index (χ1v) is 6.83. The normalized spacial score (nSPS) is 26.8. The molecule has 0 radical (unpaired) electrons. The Bertz CT molecular complexity index is 330. The third-order valence-electron chi connectivity index (χ3n) is 3.87. The van der Waals surface area contributed by atoms with Gasteiger partial charge in [0.15, 0.2) is 0 Å². The quantitative estimate of drug-likeness (QED) is 0.713. The lowest BCUT2D eigenvalue weighted by Crippen LogP contribution is -2.46. The highest BCUT2D eigenvalue weighted by atomic mass is 16.2. The highest BCUT2D eigenvalue weighted by Gasteiger charge is 2.44. The molecule has 2 unspecified atom stereocenters. The Balaban J connectivity index is 1.77. The van der Waals surface area contributed by atoms with Crippen LogP contribution in [0.5, 0.6) is 0 Å². The Kier molecular flexibility index (Phi) is 4.22. The number of hydrogen-bond acceptors (Lipinski definition) is 3. The smallest absolute Gasteiger partial charge is 0.242 e. The molecule has 2 rings (SSSR count). The lowest BCUT2D eigenvalue weighted by atomic mass is 10.1. The van der Waals surface area contributed by atoms with E-state index in [0.717, 1.165) is 32.2 Å². The summed E-state index contributed by atoms with van der Waals surface area (Å²) in [6, 6.07) is 0.124. The van der Waals surface area contributed by atoms with Crippen LogP contribution in [0.3, 0.4) is 0 Å². The second-order valence-electron chi connectivity index (χ2n) is 5.53. The van der Waals surface area contributed by atoms with Gasteiger partial charge in [0.2, 0.25) is 11.8 Å². The van der Waals surface area contributed by atoms with E-state index in [2.05, 4.69) is 10.2 Å². The van der Waals surface area contributed by atoms with Crippen molar-refractivity contribution in [3.05, 3.63) is 0 Å². The van der Waals surface area contributed by atoms with Crippen molar-refractivity contribution >= 4 is 11.8 Å². The largest absolute Gasteiger partial charge is 0.354 e. The molecule has 1 N–H and O–H groups in total. The molecule has 18 heavy (non-hydrogen) atoms. The van der Waals surface area contributed by atoms with E-state index >= 15 is 0 Å². The van der Waals surface area contributed by atoms with Crippen LogP contribution in [-0.2, 0) is 9.59 Å². The molecule has 0 aromatic rings. The molecule has 0 bridgehead atoms. The van der Waals surface area contributed by atoms with Crippen LogP contribution in [0.25, 0.3) is 0 Å². The molecule has 0 aliphatic carbocycles. The zero-order valence-electron chi connectivity index (χ0n) is 11.3. The summed E-state index contributed by atoms with van der Waals surface area (Å²) in [4.78, 5) is 27.7. The van der Waals surface area contributed by atoms with E-state index in [0.29, 0.717) is 19.0 Å². The summed E-state index contributed by atoms with van der Waals surface area (Å²) in [6.07, 6.45) is 4.32. The number of nitrogens with one attached hydrogen (secondary N) is 1. The molecule has 0 aromatic carbocycles. The standard InChI is InChI=1S/C13H23N3O2/c1-15(2)9-3-8-14-13(18)11-6-4-10-5-7-12(17)16(10)11/h10-11H,3-9H2,1-2H3,(H,14,18). The summed E-state index contributed by atoms with van der Waals surface area (Å²) < 4.78 is 0. The summed E-state index contributed by atoms with van der Waals surface area (Å²) in [5.41, 5.74) is 0. The highest BCUT2D eigenvalue weighted by Crippen LogP contribution is 2.33. The van der Waals surface area contributed by atoms with Crippen LogP contribution in [0.4, 0.5) is 0 Å². The number of carbonyl (C=O) groups is 2. The molecule has 2 fully saturated rings. The van der Waals surface area contributed by atoms with E-state index in [1.54, 1.807) is 0 Å². The van der Waals surface area contributed by atoms with Gasteiger partial charge in [0.1, 0.15) is 6.04 Å². The number of fused-ring (bicyclic) bond motifs is 1. The molecule has 5 heteroatoms. The Morgan fingerprint density at radius 3 is 2.89 bits per heavy atom. The van der Waals surface area contributed by atoms with Gasteiger partial charge in [-0.25, -0.2) is 0 Å². The van der Waals surface area contributed by atoms with Gasteiger partial charge in [0, 0.05) is 19.0 Å². The second kappa shape index (κ2) is 5.69. The van der Waals surface area contributed by atoms with E-state index in [-0.39, 0.29) is 17.9 Å². The lowest BCUT2D eigenvalue weighted by Gasteiger charge is -2.23. The van der Waals surface area contributed by atoms with E-state index in [4.69, 9.17) is 0 Å². The molecular formula is C13H23N3O2. The number of amides is 2. The van der Waals surface area contributed by atoms with Gasteiger partial charge in [-0.05, 0) is 46.3 Å². The van der Waals surface area contributed by atoms with E-state index < -0.39 is 0 Å². The summed E-state index contributed by atoms with van der Waals surface area (Å²) in [5, 5.41) is 2.95. The fraction of sp³-hybridized carbons (Fsp3) is 0.846. The van der Waals surface area contributed by atoms with Crippen molar-refractivity contribution in [1.29, 1.82) is 0 Å². The van der Waals surface area contributed by atoms with Crippen LogP contribution in [0, 0.1) is 0 Å². The average Bonchev–Trinajstić information content (AvgIpc) is 2.88. The predicted octanol–water partition coefficient (Wildman–Crippen LogP) is 0.208. The second-order valence-corrected chi connectivity index (χ2v) is 5.53. The topological polar surface area (TPSA) is 52.7 Å². The van der Waals surface area contributed by atoms with Crippen molar-refractivity contribution in [1.82, 2.24) is 15.1 Å². The molecule has 0 aromatic heterocycles. The lowest BCUT2D eigenvalue weighted by molar-refractivity contribution is -0.136. The van der Waals surface area contributed by atoms with E-state index in [9.17, 15) is 9.59 Å². The first-order valence-electron chi connectivity index (χ1n) is 6.83. The van der Waals surface area contributed by atoms with Gasteiger partial charge >= 0.3 is 0 Å². The van der Waals surface area contributed by atoms with Crippen LogP contribution < -0.4 is 5.32 Å². The van der Waals surface area contributed by atoms with Gasteiger partial charge in [-0.1, -0.05) is 0 Å². The summed E-state index contributed by atoms with van der Waals surface area (Å²) in [6.45, 7) is 1.66. The van der Waals surface area contributed by atoms with Gasteiger partial charge in [0.25, 0.3) is 0 Å². The maximum Gasteiger partial charge on any atom is 0.242 e.